The van der Waals surface area contributed by atoms with Crippen molar-refractivity contribution in [2.75, 3.05) is 5.73 Å². The summed E-state index contributed by atoms with van der Waals surface area (Å²) in [5.41, 5.74) is 9.68. The number of para-hydroxylation sites is 2. The number of nitrogens with two attached hydrogens (primary N) is 1. The van der Waals surface area contributed by atoms with Crippen LogP contribution >= 0.6 is 11.6 Å². The first-order chi connectivity index (χ1) is 13.5. The van der Waals surface area contributed by atoms with Crippen molar-refractivity contribution in [3.63, 3.8) is 0 Å². The van der Waals surface area contributed by atoms with E-state index in [1.807, 2.05) is 50.2 Å². The number of halogens is 1. The third-order valence-corrected chi connectivity index (χ3v) is 4.92. The van der Waals surface area contributed by atoms with Crippen molar-refractivity contribution in [1.29, 1.82) is 0 Å². The number of nitrogen functional groups attached to an aromatic ring is 1. The fourth-order valence-electron chi connectivity index (χ4n) is 3.04. The van der Waals surface area contributed by atoms with Gasteiger partial charge in [0.25, 0.3) is 0 Å². The van der Waals surface area contributed by atoms with E-state index in [1.165, 1.54) is 0 Å². The van der Waals surface area contributed by atoms with Gasteiger partial charge in [-0.2, -0.15) is 0 Å². The average molecular weight is 395 g/mol. The van der Waals surface area contributed by atoms with E-state index in [0.29, 0.717) is 33.6 Å². The predicted molar refractivity (Wildman–Crippen MR) is 111 cm³/mol. The molecule has 0 saturated heterocycles. The molecule has 0 aliphatic carbocycles. The maximum Gasteiger partial charge on any atom is 0.344 e. The Kier molecular flexibility index (Phi) is 4.65. The zero-order chi connectivity index (χ0) is 19.8. The Balaban J connectivity index is 2.02. The summed E-state index contributed by atoms with van der Waals surface area (Å²) in [6, 6.07) is 14.6. The van der Waals surface area contributed by atoms with E-state index in [0.717, 1.165) is 5.69 Å². The van der Waals surface area contributed by atoms with Gasteiger partial charge in [-0.15, -0.1) is 0 Å². The molecule has 2 heterocycles. The van der Waals surface area contributed by atoms with Gasteiger partial charge in [0.15, 0.2) is 5.65 Å². The molecule has 4 aromatic rings. The molecule has 2 N–H and O–H groups in total. The van der Waals surface area contributed by atoms with Crippen molar-refractivity contribution >= 4 is 45.6 Å². The highest BCUT2D eigenvalue weighted by atomic mass is 35.5. The maximum atomic E-state index is 12.9. The Morgan fingerprint density at radius 3 is 2.43 bits per heavy atom. The quantitative estimate of drug-likeness (QED) is 0.504. The van der Waals surface area contributed by atoms with Crippen molar-refractivity contribution in [3.8, 4) is 5.69 Å². The standard InChI is InChI=1S/C21H19ClN4O2/c1-3-12(2)28-21(27)17-18-20(25-16-7-5-4-6-15(16)24-18)26(19(17)23)14-10-8-13(22)9-11-14/h4-12H,3,23H2,1-2H3. The third-order valence-electron chi connectivity index (χ3n) is 4.67. The number of ether oxygens (including phenoxy) is 1. The summed E-state index contributed by atoms with van der Waals surface area (Å²) in [5, 5.41) is 0.603. The molecule has 0 aliphatic rings. The molecule has 2 aromatic carbocycles. The number of esters is 1. The molecule has 4 rings (SSSR count). The highest BCUT2D eigenvalue weighted by Gasteiger charge is 2.26. The number of nitrogens with zero attached hydrogens (tertiary/aromatic N) is 3. The van der Waals surface area contributed by atoms with E-state index >= 15 is 0 Å². The molecule has 0 aliphatic heterocycles. The van der Waals surface area contributed by atoms with Gasteiger partial charge in [-0.1, -0.05) is 30.7 Å². The molecule has 1 atom stereocenters. The number of benzene rings is 2. The summed E-state index contributed by atoms with van der Waals surface area (Å²) in [5.74, 6) is -0.268. The first-order valence-electron chi connectivity index (χ1n) is 9.03. The molecule has 0 radical (unpaired) electrons. The van der Waals surface area contributed by atoms with E-state index in [4.69, 9.17) is 27.1 Å². The Hall–Kier alpha value is -3.12. The van der Waals surface area contributed by atoms with Gasteiger partial charge >= 0.3 is 5.97 Å². The molecule has 0 amide bonds. The van der Waals surface area contributed by atoms with Crippen LogP contribution in [0.2, 0.25) is 5.02 Å². The minimum absolute atomic E-state index is 0.225. The minimum atomic E-state index is -0.505. The van der Waals surface area contributed by atoms with Gasteiger partial charge in [0.05, 0.1) is 17.1 Å². The molecule has 0 spiro atoms. The number of hydrogen-bond acceptors (Lipinski definition) is 5. The summed E-state index contributed by atoms with van der Waals surface area (Å²) in [6.45, 7) is 3.79. The zero-order valence-electron chi connectivity index (χ0n) is 15.5. The fourth-order valence-corrected chi connectivity index (χ4v) is 3.17. The molecular weight excluding hydrogens is 376 g/mol. The van der Waals surface area contributed by atoms with Crippen LogP contribution in [0.25, 0.3) is 27.9 Å². The highest BCUT2D eigenvalue weighted by Crippen LogP contribution is 2.32. The molecule has 0 fully saturated rings. The van der Waals surface area contributed by atoms with Crippen molar-refractivity contribution in [2.24, 2.45) is 0 Å². The largest absolute Gasteiger partial charge is 0.459 e. The Morgan fingerprint density at radius 1 is 1.14 bits per heavy atom. The van der Waals surface area contributed by atoms with E-state index < -0.39 is 5.97 Å². The molecule has 6 nitrogen and oxygen atoms in total. The molecule has 7 heteroatoms. The lowest BCUT2D eigenvalue weighted by atomic mass is 10.2. The van der Waals surface area contributed by atoms with Crippen LogP contribution in [0.5, 0.6) is 0 Å². The van der Waals surface area contributed by atoms with Crippen molar-refractivity contribution in [3.05, 3.63) is 59.1 Å². The third kappa shape index (κ3) is 3.05. The van der Waals surface area contributed by atoms with Crippen LogP contribution in [-0.4, -0.2) is 26.6 Å². The normalized spacial score (nSPS) is 12.4. The number of hydrogen-bond donors (Lipinski definition) is 1. The van der Waals surface area contributed by atoms with Crippen molar-refractivity contribution in [1.82, 2.24) is 14.5 Å². The molecule has 2 aromatic heterocycles. The second-order valence-corrected chi connectivity index (χ2v) is 7.02. The van der Waals surface area contributed by atoms with Crippen LogP contribution < -0.4 is 5.73 Å². The lowest BCUT2D eigenvalue weighted by Gasteiger charge is -2.11. The number of rotatable bonds is 4. The molecular formula is C21H19ClN4O2. The number of carbonyl (C=O) groups excluding carboxylic acids is 1. The summed E-state index contributed by atoms with van der Waals surface area (Å²) < 4.78 is 7.24. The van der Waals surface area contributed by atoms with Gasteiger partial charge in [-0.3, -0.25) is 4.57 Å². The lowest BCUT2D eigenvalue weighted by Crippen LogP contribution is -2.15. The lowest BCUT2D eigenvalue weighted by molar-refractivity contribution is 0.0338. The SMILES string of the molecule is CCC(C)OC(=O)c1c(N)n(-c2ccc(Cl)cc2)c2nc3ccccc3nc12. The van der Waals surface area contributed by atoms with Gasteiger partial charge < -0.3 is 10.5 Å². The molecule has 0 saturated carbocycles. The van der Waals surface area contributed by atoms with Crippen LogP contribution in [-0.2, 0) is 4.74 Å². The summed E-state index contributed by atoms with van der Waals surface area (Å²) in [7, 11) is 0. The van der Waals surface area contributed by atoms with Crippen LogP contribution in [0.15, 0.2) is 48.5 Å². The first-order valence-corrected chi connectivity index (χ1v) is 9.41. The van der Waals surface area contributed by atoms with Crippen molar-refractivity contribution < 1.29 is 9.53 Å². The van der Waals surface area contributed by atoms with Crippen LogP contribution in [0.4, 0.5) is 5.82 Å². The summed E-state index contributed by atoms with van der Waals surface area (Å²) in [4.78, 5) is 22.3. The van der Waals surface area contributed by atoms with E-state index in [-0.39, 0.29) is 17.5 Å². The minimum Gasteiger partial charge on any atom is -0.459 e. The van der Waals surface area contributed by atoms with E-state index in [2.05, 4.69) is 4.98 Å². The number of anilines is 1. The summed E-state index contributed by atoms with van der Waals surface area (Å²) >= 11 is 6.02. The number of carbonyl (C=O) groups is 1. The number of fused-ring (bicyclic) bond motifs is 2. The van der Waals surface area contributed by atoms with Crippen LogP contribution in [0, 0.1) is 0 Å². The second-order valence-electron chi connectivity index (χ2n) is 6.58. The average Bonchev–Trinajstić information content (AvgIpc) is 2.97. The smallest absolute Gasteiger partial charge is 0.344 e. The van der Waals surface area contributed by atoms with E-state index in [1.54, 1.807) is 16.7 Å². The van der Waals surface area contributed by atoms with E-state index in [9.17, 15) is 4.79 Å². The molecule has 142 valence electrons. The zero-order valence-corrected chi connectivity index (χ0v) is 16.3. The highest BCUT2D eigenvalue weighted by molar-refractivity contribution is 6.30. The topological polar surface area (TPSA) is 83.0 Å². The van der Waals surface area contributed by atoms with Gasteiger partial charge in [0, 0.05) is 10.7 Å². The second kappa shape index (κ2) is 7.13. The Bertz CT molecular complexity index is 1180. The molecule has 28 heavy (non-hydrogen) atoms. The van der Waals surface area contributed by atoms with Crippen molar-refractivity contribution in [2.45, 2.75) is 26.4 Å². The van der Waals surface area contributed by atoms with Gasteiger partial charge in [0.1, 0.15) is 16.9 Å². The van der Waals surface area contributed by atoms with Gasteiger partial charge in [-0.25, -0.2) is 14.8 Å². The number of aromatic nitrogens is 3. The Morgan fingerprint density at radius 2 is 1.79 bits per heavy atom. The monoisotopic (exact) mass is 394 g/mol. The maximum absolute atomic E-state index is 12.9. The molecule has 0 bridgehead atoms. The predicted octanol–water partition coefficient (Wildman–Crippen LogP) is 4.76. The van der Waals surface area contributed by atoms with Gasteiger partial charge in [0.2, 0.25) is 0 Å². The van der Waals surface area contributed by atoms with Crippen LogP contribution in [0.3, 0.4) is 0 Å². The fraction of sp³-hybridized carbons (Fsp3) is 0.190. The molecule has 1 unspecified atom stereocenters. The van der Waals surface area contributed by atoms with Crippen LogP contribution in [0.1, 0.15) is 30.6 Å². The first kappa shape index (κ1) is 18.3. The van der Waals surface area contributed by atoms with Gasteiger partial charge in [-0.05, 0) is 49.7 Å². The Labute approximate surface area is 166 Å². The summed E-state index contributed by atoms with van der Waals surface area (Å²) in [6.07, 6.45) is 0.477.